The van der Waals surface area contributed by atoms with E-state index in [0.29, 0.717) is 6.54 Å². The van der Waals surface area contributed by atoms with E-state index in [1.165, 1.54) is 4.90 Å². The standard InChI is InChI=1S/C14H28F3N/c1-8-11(14(15,16)17)18(7)10-9-13(5,6)12(2,3)4/h11H,8-10H2,1-7H3/t11-/m1/s1. The van der Waals surface area contributed by atoms with Gasteiger partial charge in [0, 0.05) is 0 Å². The topological polar surface area (TPSA) is 3.24 Å². The third kappa shape index (κ3) is 4.79. The fourth-order valence-electron chi connectivity index (χ4n) is 1.78. The first-order valence-electron chi connectivity index (χ1n) is 6.60. The molecule has 1 atom stereocenters. The Hall–Kier alpha value is -0.250. The van der Waals surface area contributed by atoms with Crippen LogP contribution in [0.15, 0.2) is 0 Å². The van der Waals surface area contributed by atoms with E-state index >= 15 is 0 Å². The minimum atomic E-state index is -4.13. The van der Waals surface area contributed by atoms with Crippen molar-refractivity contribution in [2.45, 2.75) is 66.6 Å². The van der Waals surface area contributed by atoms with Gasteiger partial charge in [0.25, 0.3) is 0 Å². The van der Waals surface area contributed by atoms with Gasteiger partial charge in [-0.25, -0.2) is 0 Å². The molecule has 0 bridgehead atoms. The number of rotatable bonds is 5. The van der Waals surface area contributed by atoms with Gasteiger partial charge in [-0.1, -0.05) is 41.5 Å². The maximum Gasteiger partial charge on any atom is 0.404 e. The predicted molar refractivity (Wildman–Crippen MR) is 70.6 cm³/mol. The van der Waals surface area contributed by atoms with E-state index in [1.54, 1.807) is 14.0 Å². The van der Waals surface area contributed by atoms with E-state index in [2.05, 4.69) is 34.6 Å². The molecule has 0 radical (unpaired) electrons. The number of alkyl halides is 3. The maximum atomic E-state index is 12.8. The lowest BCUT2D eigenvalue weighted by Gasteiger charge is -2.41. The average Bonchev–Trinajstić information content (AvgIpc) is 2.11. The molecule has 18 heavy (non-hydrogen) atoms. The van der Waals surface area contributed by atoms with Crippen LogP contribution in [0.5, 0.6) is 0 Å². The Balaban J connectivity index is 4.55. The highest BCUT2D eigenvalue weighted by molar-refractivity contribution is 4.84. The minimum absolute atomic E-state index is 0.0190. The molecule has 0 fully saturated rings. The van der Waals surface area contributed by atoms with Gasteiger partial charge in [0.2, 0.25) is 0 Å². The second-order valence-electron chi connectivity index (χ2n) is 6.83. The summed E-state index contributed by atoms with van der Waals surface area (Å²) in [5.41, 5.74) is 0.110. The van der Waals surface area contributed by atoms with E-state index in [0.717, 1.165) is 6.42 Å². The van der Waals surface area contributed by atoms with Gasteiger partial charge >= 0.3 is 6.18 Å². The van der Waals surface area contributed by atoms with Gasteiger partial charge in [-0.3, -0.25) is 4.90 Å². The first kappa shape index (κ1) is 17.8. The molecule has 110 valence electrons. The van der Waals surface area contributed by atoms with Crippen LogP contribution in [0.1, 0.15) is 54.4 Å². The molecule has 0 aliphatic carbocycles. The molecule has 0 unspecified atom stereocenters. The first-order valence-corrected chi connectivity index (χ1v) is 6.60. The van der Waals surface area contributed by atoms with E-state index in [9.17, 15) is 13.2 Å². The lowest BCUT2D eigenvalue weighted by Crippen LogP contribution is -2.45. The van der Waals surface area contributed by atoms with Crippen LogP contribution in [-0.2, 0) is 0 Å². The molecule has 4 heteroatoms. The Morgan fingerprint density at radius 1 is 1.00 bits per heavy atom. The summed E-state index contributed by atoms with van der Waals surface area (Å²) in [5.74, 6) is 0. The zero-order chi connectivity index (χ0) is 14.8. The molecule has 0 aromatic heterocycles. The van der Waals surface area contributed by atoms with Crippen molar-refractivity contribution in [1.82, 2.24) is 4.90 Å². The Kier molecular flexibility index (Phi) is 5.73. The minimum Gasteiger partial charge on any atom is -0.295 e. The Morgan fingerprint density at radius 3 is 1.72 bits per heavy atom. The first-order chi connectivity index (χ1) is 7.83. The summed E-state index contributed by atoms with van der Waals surface area (Å²) < 4.78 is 38.3. The Labute approximate surface area is 110 Å². The summed E-state index contributed by atoms with van der Waals surface area (Å²) in [6.45, 7) is 12.7. The van der Waals surface area contributed by atoms with Crippen molar-refractivity contribution in [1.29, 1.82) is 0 Å². The molecule has 0 saturated carbocycles. The van der Waals surface area contributed by atoms with Crippen molar-refractivity contribution >= 4 is 0 Å². The van der Waals surface area contributed by atoms with Crippen LogP contribution in [0.3, 0.4) is 0 Å². The van der Waals surface area contributed by atoms with Crippen molar-refractivity contribution in [3.8, 4) is 0 Å². The molecule has 0 amide bonds. The smallest absolute Gasteiger partial charge is 0.295 e. The van der Waals surface area contributed by atoms with Gasteiger partial charge in [0.15, 0.2) is 0 Å². The maximum absolute atomic E-state index is 12.8. The van der Waals surface area contributed by atoms with Crippen LogP contribution in [0.4, 0.5) is 13.2 Å². The van der Waals surface area contributed by atoms with E-state index in [4.69, 9.17) is 0 Å². The van der Waals surface area contributed by atoms with Crippen LogP contribution in [0.2, 0.25) is 0 Å². The highest BCUT2D eigenvalue weighted by Gasteiger charge is 2.41. The van der Waals surface area contributed by atoms with E-state index in [1.807, 2.05) is 0 Å². The highest BCUT2D eigenvalue weighted by atomic mass is 19.4. The van der Waals surface area contributed by atoms with E-state index in [-0.39, 0.29) is 17.3 Å². The third-order valence-electron chi connectivity index (χ3n) is 4.42. The van der Waals surface area contributed by atoms with Crippen LogP contribution in [0.25, 0.3) is 0 Å². The fraction of sp³-hybridized carbons (Fsp3) is 1.00. The largest absolute Gasteiger partial charge is 0.404 e. The molecule has 0 aromatic rings. The SMILES string of the molecule is CC[C@@H](N(C)CCC(C)(C)C(C)(C)C)C(F)(F)F. The quantitative estimate of drug-likeness (QED) is 0.696. The Bertz CT molecular complexity index is 251. The fourth-order valence-corrected chi connectivity index (χ4v) is 1.78. The van der Waals surface area contributed by atoms with Crippen molar-refractivity contribution in [3.63, 3.8) is 0 Å². The van der Waals surface area contributed by atoms with Crippen molar-refractivity contribution < 1.29 is 13.2 Å². The molecule has 0 N–H and O–H groups in total. The monoisotopic (exact) mass is 267 g/mol. The summed E-state index contributed by atoms with van der Waals surface area (Å²) in [4.78, 5) is 1.44. The molecule has 0 saturated heterocycles. The lowest BCUT2D eigenvalue weighted by atomic mass is 9.67. The van der Waals surface area contributed by atoms with Gasteiger partial charge in [0.05, 0.1) is 0 Å². The molecule has 0 heterocycles. The molecule has 0 aliphatic heterocycles. The molecule has 0 rings (SSSR count). The van der Waals surface area contributed by atoms with Gasteiger partial charge < -0.3 is 0 Å². The molecule has 1 nitrogen and oxygen atoms in total. The predicted octanol–water partition coefficient (Wildman–Crippen LogP) is 4.72. The van der Waals surface area contributed by atoms with Gasteiger partial charge in [-0.15, -0.1) is 0 Å². The zero-order valence-corrected chi connectivity index (χ0v) is 12.8. The van der Waals surface area contributed by atoms with Crippen molar-refractivity contribution in [3.05, 3.63) is 0 Å². The summed E-state index contributed by atoms with van der Waals surface area (Å²) in [6.07, 6.45) is -3.26. The van der Waals surface area contributed by atoms with Crippen molar-refractivity contribution in [2.24, 2.45) is 10.8 Å². The number of nitrogens with zero attached hydrogens (tertiary/aromatic N) is 1. The molecule has 0 aromatic carbocycles. The van der Waals surface area contributed by atoms with Crippen LogP contribution < -0.4 is 0 Å². The summed E-state index contributed by atoms with van der Waals surface area (Å²) in [6, 6.07) is -1.33. The number of hydrogen-bond acceptors (Lipinski definition) is 1. The summed E-state index contributed by atoms with van der Waals surface area (Å²) in [7, 11) is 1.57. The van der Waals surface area contributed by atoms with Crippen molar-refractivity contribution in [2.75, 3.05) is 13.6 Å². The van der Waals surface area contributed by atoms with Gasteiger partial charge in [-0.05, 0) is 37.3 Å². The second kappa shape index (κ2) is 5.81. The normalized spacial score (nSPS) is 16.2. The van der Waals surface area contributed by atoms with Crippen LogP contribution in [0, 0.1) is 10.8 Å². The summed E-state index contributed by atoms with van der Waals surface area (Å²) >= 11 is 0. The zero-order valence-electron chi connectivity index (χ0n) is 12.8. The summed E-state index contributed by atoms with van der Waals surface area (Å²) in [5, 5.41) is 0. The number of hydrogen-bond donors (Lipinski definition) is 0. The second-order valence-corrected chi connectivity index (χ2v) is 6.83. The number of halogens is 3. The lowest BCUT2D eigenvalue weighted by molar-refractivity contribution is -0.182. The van der Waals surface area contributed by atoms with Gasteiger partial charge in [0.1, 0.15) is 6.04 Å². The molecule has 0 aliphatic rings. The van der Waals surface area contributed by atoms with Crippen LogP contribution >= 0.6 is 0 Å². The molecular weight excluding hydrogens is 239 g/mol. The van der Waals surface area contributed by atoms with E-state index < -0.39 is 12.2 Å². The molecular formula is C14H28F3N. The Morgan fingerprint density at radius 2 is 1.44 bits per heavy atom. The average molecular weight is 267 g/mol. The highest BCUT2D eigenvalue weighted by Crippen LogP contribution is 2.41. The third-order valence-corrected chi connectivity index (χ3v) is 4.42. The van der Waals surface area contributed by atoms with Gasteiger partial charge in [-0.2, -0.15) is 13.2 Å². The van der Waals surface area contributed by atoms with Crippen LogP contribution in [-0.4, -0.2) is 30.7 Å². The molecule has 0 spiro atoms.